The Hall–Kier alpha value is -0.450. The largest absolute Gasteiger partial charge is 0.312 e. The minimum absolute atomic E-state index is 0.706. The molecule has 1 saturated heterocycles. The van der Waals surface area contributed by atoms with Gasteiger partial charge in [0, 0.05) is 18.0 Å². The summed E-state index contributed by atoms with van der Waals surface area (Å²) in [5.74, 6) is 1.55. The van der Waals surface area contributed by atoms with Gasteiger partial charge in [-0.25, -0.2) is 4.98 Å². The molecule has 1 atom stereocenters. The molecule has 1 unspecified atom stereocenters. The molecule has 3 nitrogen and oxygen atoms in total. The van der Waals surface area contributed by atoms with Crippen LogP contribution in [0.15, 0.2) is 0 Å². The molecule has 1 fully saturated rings. The number of nitrogens with zero attached hydrogens (tertiary/aromatic N) is 2. The number of hydrogen-bond acceptors (Lipinski definition) is 4. The molecule has 2 heterocycles. The van der Waals surface area contributed by atoms with Crippen molar-refractivity contribution < 1.29 is 0 Å². The molecule has 0 aliphatic carbocycles. The number of piperidine rings is 1. The van der Waals surface area contributed by atoms with Crippen LogP contribution < -0.4 is 5.32 Å². The molecule has 4 heteroatoms. The zero-order valence-corrected chi connectivity index (χ0v) is 14.9. The first-order chi connectivity index (χ1) is 10.1. The summed E-state index contributed by atoms with van der Waals surface area (Å²) in [7, 11) is 0. The summed E-state index contributed by atoms with van der Waals surface area (Å²) in [5, 5.41) is 4.86. The lowest BCUT2D eigenvalue weighted by molar-refractivity contribution is 0.176. The number of thiazole rings is 1. The van der Waals surface area contributed by atoms with Crippen LogP contribution in [0.4, 0.5) is 0 Å². The van der Waals surface area contributed by atoms with Crippen LogP contribution in [0.3, 0.4) is 0 Å². The maximum Gasteiger partial charge on any atom is 0.107 e. The molecule has 0 bridgehead atoms. The van der Waals surface area contributed by atoms with Crippen LogP contribution in [-0.2, 0) is 19.5 Å². The Labute approximate surface area is 134 Å². The van der Waals surface area contributed by atoms with E-state index < -0.39 is 0 Å². The predicted molar refractivity (Wildman–Crippen MR) is 91.7 cm³/mol. The van der Waals surface area contributed by atoms with E-state index in [0.717, 1.165) is 32.0 Å². The molecule has 2 rings (SSSR count). The van der Waals surface area contributed by atoms with Crippen molar-refractivity contribution in [3.8, 4) is 0 Å². The third-order valence-corrected chi connectivity index (χ3v) is 5.18. The normalized spacial score (nSPS) is 20.3. The Balaban J connectivity index is 1.92. The van der Waals surface area contributed by atoms with Crippen molar-refractivity contribution in [1.82, 2.24) is 15.2 Å². The van der Waals surface area contributed by atoms with Gasteiger partial charge in [-0.15, -0.1) is 11.3 Å². The van der Waals surface area contributed by atoms with Crippen LogP contribution in [-0.4, -0.2) is 29.5 Å². The van der Waals surface area contributed by atoms with Crippen LogP contribution in [0.25, 0.3) is 0 Å². The summed E-state index contributed by atoms with van der Waals surface area (Å²) < 4.78 is 0. The molecular weight excluding hydrogens is 278 g/mol. The van der Waals surface area contributed by atoms with E-state index in [2.05, 4.69) is 37.9 Å². The molecule has 0 amide bonds. The van der Waals surface area contributed by atoms with Gasteiger partial charge in [-0.1, -0.05) is 27.7 Å². The SMILES string of the molecule is CCc1nc(CN2CCCC(C)C2)sc1CNCC(C)C. The summed E-state index contributed by atoms with van der Waals surface area (Å²) in [5.41, 5.74) is 1.30. The standard InChI is InChI=1S/C17H31N3S/c1-5-15-16(10-18-9-13(2)3)21-17(19-15)12-20-8-6-7-14(4)11-20/h13-14,18H,5-12H2,1-4H3. The molecule has 1 aliphatic heterocycles. The smallest absolute Gasteiger partial charge is 0.107 e. The van der Waals surface area contributed by atoms with E-state index in [9.17, 15) is 0 Å². The van der Waals surface area contributed by atoms with E-state index in [-0.39, 0.29) is 0 Å². The Bertz CT molecular complexity index is 428. The van der Waals surface area contributed by atoms with E-state index in [1.54, 1.807) is 0 Å². The molecule has 1 aliphatic rings. The van der Waals surface area contributed by atoms with Crippen molar-refractivity contribution >= 4 is 11.3 Å². The molecule has 1 N–H and O–H groups in total. The third-order valence-electron chi connectivity index (χ3n) is 4.10. The van der Waals surface area contributed by atoms with Crippen LogP contribution in [0, 0.1) is 11.8 Å². The van der Waals surface area contributed by atoms with Gasteiger partial charge >= 0.3 is 0 Å². The van der Waals surface area contributed by atoms with E-state index in [0.29, 0.717) is 5.92 Å². The van der Waals surface area contributed by atoms with E-state index in [1.165, 1.54) is 41.5 Å². The van der Waals surface area contributed by atoms with Gasteiger partial charge in [0.1, 0.15) is 5.01 Å². The van der Waals surface area contributed by atoms with Crippen molar-refractivity contribution in [2.24, 2.45) is 11.8 Å². The lowest BCUT2D eigenvalue weighted by Crippen LogP contribution is -2.33. The number of aromatic nitrogens is 1. The Morgan fingerprint density at radius 2 is 2.24 bits per heavy atom. The molecule has 0 radical (unpaired) electrons. The highest BCUT2D eigenvalue weighted by Crippen LogP contribution is 2.23. The maximum atomic E-state index is 4.88. The molecular formula is C17H31N3S. The lowest BCUT2D eigenvalue weighted by atomic mass is 10.0. The van der Waals surface area contributed by atoms with Gasteiger partial charge in [-0.2, -0.15) is 0 Å². The molecule has 21 heavy (non-hydrogen) atoms. The van der Waals surface area contributed by atoms with Gasteiger partial charge in [0.25, 0.3) is 0 Å². The fourth-order valence-corrected chi connectivity index (χ4v) is 4.18. The fraction of sp³-hybridized carbons (Fsp3) is 0.824. The number of hydrogen-bond donors (Lipinski definition) is 1. The Morgan fingerprint density at radius 3 is 2.90 bits per heavy atom. The maximum absolute atomic E-state index is 4.88. The first-order valence-corrected chi connectivity index (χ1v) is 9.30. The number of aryl methyl sites for hydroxylation is 1. The van der Waals surface area contributed by atoms with Crippen LogP contribution >= 0.6 is 11.3 Å². The van der Waals surface area contributed by atoms with Gasteiger partial charge in [0.05, 0.1) is 12.2 Å². The van der Waals surface area contributed by atoms with Crippen molar-refractivity contribution in [3.05, 3.63) is 15.6 Å². The summed E-state index contributed by atoms with van der Waals surface area (Å²) >= 11 is 1.92. The minimum Gasteiger partial charge on any atom is -0.312 e. The van der Waals surface area contributed by atoms with Crippen molar-refractivity contribution in [3.63, 3.8) is 0 Å². The summed E-state index contributed by atoms with van der Waals surface area (Å²) in [6.45, 7) is 14.7. The van der Waals surface area contributed by atoms with Crippen LogP contribution in [0.2, 0.25) is 0 Å². The number of nitrogens with one attached hydrogen (secondary N) is 1. The molecule has 120 valence electrons. The Morgan fingerprint density at radius 1 is 1.43 bits per heavy atom. The van der Waals surface area contributed by atoms with E-state index in [4.69, 9.17) is 4.98 Å². The average Bonchev–Trinajstić information content (AvgIpc) is 2.80. The lowest BCUT2D eigenvalue weighted by Gasteiger charge is -2.29. The van der Waals surface area contributed by atoms with E-state index >= 15 is 0 Å². The van der Waals surface area contributed by atoms with Crippen molar-refractivity contribution in [2.45, 2.75) is 60.0 Å². The topological polar surface area (TPSA) is 28.2 Å². The molecule has 1 aromatic heterocycles. The first kappa shape index (κ1) is 16.9. The summed E-state index contributed by atoms with van der Waals surface area (Å²) in [6, 6.07) is 0. The molecule has 0 aromatic carbocycles. The second kappa shape index (κ2) is 8.25. The first-order valence-electron chi connectivity index (χ1n) is 8.49. The van der Waals surface area contributed by atoms with Gasteiger partial charge < -0.3 is 5.32 Å². The van der Waals surface area contributed by atoms with Crippen LogP contribution in [0.5, 0.6) is 0 Å². The van der Waals surface area contributed by atoms with Gasteiger partial charge in [0.2, 0.25) is 0 Å². The number of rotatable bonds is 7. The third kappa shape index (κ3) is 5.35. The van der Waals surface area contributed by atoms with E-state index in [1.807, 2.05) is 11.3 Å². The predicted octanol–water partition coefficient (Wildman–Crippen LogP) is 3.68. The second-order valence-corrected chi connectivity index (χ2v) is 8.01. The minimum atomic E-state index is 0.706. The van der Waals surface area contributed by atoms with Gasteiger partial charge in [-0.3, -0.25) is 4.90 Å². The van der Waals surface area contributed by atoms with Gasteiger partial charge in [0.15, 0.2) is 0 Å². The quantitative estimate of drug-likeness (QED) is 0.833. The highest BCUT2D eigenvalue weighted by Gasteiger charge is 2.18. The van der Waals surface area contributed by atoms with Crippen LogP contribution in [0.1, 0.15) is 56.1 Å². The summed E-state index contributed by atoms with van der Waals surface area (Å²) in [6.07, 6.45) is 3.78. The highest BCUT2D eigenvalue weighted by atomic mass is 32.1. The zero-order chi connectivity index (χ0) is 15.2. The molecule has 1 aromatic rings. The van der Waals surface area contributed by atoms with Gasteiger partial charge in [-0.05, 0) is 44.2 Å². The number of likely N-dealkylation sites (tertiary alicyclic amines) is 1. The van der Waals surface area contributed by atoms with Crippen molar-refractivity contribution in [1.29, 1.82) is 0 Å². The molecule has 0 saturated carbocycles. The second-order valence-electron chi connectivity index (χ2n) is 6.84. The monoisotopic (exact) mass is 309 g/mol. The highest BCUT2D eigenvalue weighted by molar-refractivity contribution is 7.11. The summed E-state index contributed by atoms with van der Waals surface area (Å²) in [4.78, 5) is 8.91. The molecule has 0 spiro atoms. The Kier molecular flexibility index (Phi) is 6.65. The average molecular weight is 310 g/mol. The fourth-order valence-electron chi connectivity index (χ4n) is 3.01. The van der Waals surface area contributed by atoms with Crippen molar-refractivity contribution in [2.75, 3.05) is 19.6 Å². The zero-order valence-electron chi connectivity index (χ0n) is 14.1.